The molecule has 2 unspecified atom stereocenters. The van der Waals surface area contributed by atoms with E-state index in [9.17, 15) is 0 Å². The van der Waals surface area contributed by atoms with Gasteiger partial charge in [0.05, 0.1) is 0 Å². The van der Waals surface area contributed by atoms with Gasteiger partial charge in [0.25, 0.3) is 0 Å². The Balaban J connectivity index is 2.75. The van der Waals surface area contributed by atoms with Gasteiger partial charge in [-0.25, -0.2) is 0 Å². The zero-order valence-electron chi connectivity index (χ0n) is 11.1. The van der Waals surface area contributed by atoms with Crippen LogP contribution in [0.5, 0.6) is 0 Å². The summed E-state index contributed by atoms with van der Waals surface area (Å²) in [4.78, 5) is 0. The molecule has 88 valence electrons. The highest BCUT2D eigenvalue weighted by Gasteiger charge is 2.14. The van der Waals surface area contributed by atoms with Crippen molar-refractivity contribution in [3.05, 3.63) is 47.5 Å². The van der Waals surface area contributed by atoms with E-state index >= 15 is 0 Å². The van der Waals surface area contributed by atoms with E-state index in [1.165, 1.54) is 29.5 Å². The molecule has 0 saturated carbocycles. The van der Waals surface area contributed by atoms with Crippen LogP contribution in [0.15, 0.2) is 36.4 Å². The third-order valence-corrected chi connectivity index (χ3v) is 3.55. The molecule has 0 saturated heterocycles. The van der Waals surface area contributed by atoms with Crippen LogP contribution in [0.2, 0.25) is 0 Å². The second-order valence-corrected chi connectivity index (χ2v) is 4.94. The zero-order chi connectivity index (χ0) is 12.1. The van der Waals surface area contributed by atoms with Gasteiger partial charge in [-0.05, 0) is 49.7 Å². The van der Waals surface area contributed by atoms with Crippen LogP contribution in [0.4, 0.5) is 0 Å². The minimum Gasteiger partial charge on any atom is -0.0999 e. The molecule has 0 aliphatic rings. The van der Waals surface area contributed by atoms with Gasteiger partial charge in [0, 0.05) is 0 Å². The highest BCUT2D eigenvalue weighted by atomic mass is 14.2. The van der Waals surface area contributed by atoms with Gasteiger partial charge in [0.1, 0.15) is 0 Å². The van der Waals surface area contributed by atoms with E-state index in [1.807, 2.05) is 0 Å². The van der Waals surface area contributed by atoms with E-state index in [0.29, 0.717) is 11.8 Å². The highest BCUT2D eigenvalue weighted by Crippen LogP contribution is 2.30. The van der Waals surface area contributed by atoms with E-state index in [2.05, 4.69) is 58.5 Å². The zero-order valence-corrected chi connectivity index (χ0v) is 11.1. The number of aryl methyl sites for hydroxylation is 1. The average Bonchev–Trinajstić information content (AvgIpc) is 2.25. The van der Waals surface area contributed by atoms with Gasteiger partial charge >= 0.3 is 0 Å². The molecule has 1 aromatic carbocycles. The summed E-state index contributed by atoms with van der Waals surface area (Å²) in [7, 11) is 0. The first-order chi connectivity index (χ1) is 7.56. The van der Waals surface area contributed by atoms with Gasteiger partial charge in [0.2, 0.25) is 0 Å². The highest BCUT2D eigenvalue weighted by molar-refractivity contribution is 5.28. The lowest BCUT2D eigenvalue weighted by atomic mass is 9.84. The predicted octanol–water partition coefficient (Wildman–Crippen LogP) is 5.09. The Hall–Kier alpha value is -1.04. The first-order valence-corrected chi connectivity index (χ1v) is 6.27. The molecule has 0 aliphatic carbocycles. The summed E-state index contributed by atoms with van der Waals surface area (Å²) in [6.07, 6.45) is 2.42. The fraction of sp³-hybridized carbons (Fsp3) is 0.500. The number of hydrogen-bond acceptors (Lipinski definition) is 0. The van der Waals surface area contributed by atoms with Crippen LogP contribution in [0.25, 0.3) is 0 Å². The summed E-state index contributed by atoms with van der Waals surface area (Å²) in [5.74, 6) is 1.29. The molecular formula is C16H24. The monoisotopic (exact) mass is 216 g/mol. The van der Waals surface area contributed by atoms with Crippen LogP contribution in [-0.4, -0.2) is 0 Å². The molecule has 0 heterocycles. The Morgan fingerprint density at radius 3 is 2.44 bits per heavy atom. The van der Waals surface area contributed by atoms with Gasteiger partial charge in [-0.15, -0.1) is 0 Å². The van der Waals surface area contributed by atoms with Crippen molar-refractivity contribution in [2.45, 2.75) is 46.5 Å². The Kier molecular flexibility index (Phi) is 4.79. The van der Waals surface area contributed by atoms with E-state index in [0.717, 1.165) is 0 Å². The smallest absolute Gasteiger partial charge is 0.0182 e. The second kappa shape index (κ2) is 5.89. The first-order valence-electron chi connectivity index (χ1n) is 6.27. The number of hydrogen-bond donors (Lipinski definition) is 0. The fourth-order valence-electron chi connectivity index (χ4n) is 2.41. The molecule has 0 amide bonds. The van der Waals surface area contributed by atoms with Crippen molar-refractivity contribution in [3.8, 4) is 0 Å². The van der Waals surface area contributed by atoms with Gasteiger partial charge in [0.15, 0.2) is 0 Å². The summed E-state index contributed by atoms with van der Waals surface area (Å²) < 4.78 is 0. The van der Waals surface area contributed by atoms with Crippen molar-refractivity contribution in [1.29, 1.82) is 0 Å². The molecule has 2 atom stereocenters. The van der Waals surface area contributed by atoms with Crippen molar-refractivity contribution in [2.75, 3.05) is 0 Å². The number of allylic oxidation sites excluding steroid dienone is 1. The molecule has 16 heavy (non-hydrogen) atoms. The van der Waals surface area contributed by atoms with Crippen molar-refractivity contribution in [3.63, 3.8) is 0 Å². The third-order valence-electron chi connectivity index (χ3n) is 3.55. The lowest BCUT2D eigenvalue weighted by Crippen LogP contribution is -2.06. The van der Waals surface area contributed by atoms with Crippen LogP contribution < -0.4 is 0 Å². The molecule has 0 N–H and O–H groups in total. The lowest BCUT2D eigenvalue weighted by Gasteiger charge is -2.21. The molecule has 0 radical (unpaired) electrons. The second-order valence-electron chi connectivity index (χ2n) is 4.94. The number of rotatable bonds is 5. The third kappa shape index (κ3) is 3.23. The maximum Gasteiger partial charge on any atom is -0.0182 e. The standard InChI is InChI=1S/C16H24/c1-6-15(12(2)3)11-14(5)16-10-8-7-9-13(16)4/h7-10,14-15H,2,6,11H2,1,3-5H3. The predicted molar refractivity (Wildman–Crippen MR) is 72.8 cm³/mol. The summed E-state index contributed by atoms with van der Waals surface area (Å²) in [6.45, 7) is 13.0. The Bertz CT molecular complexity index is 349. The largest absolute Gasteiger partial charge is 0.0999 e. The van der Waals surface area contributed by atoms with Gasteiger partial charge < -0.3 is 0 Å². The van der Waals surface area contributed by atoms with Crippen molar-refractivity contribution in [1.82, 2.24) is 0 Å². The van der Waals surface area contributed by atoms with Crippen molar-refractivity contribution >= 4 is 0 Å². The molecule has 0 bridgehead atoms. The molecule has 0 aromatic heterocycles. The van der Waals surface area contributed by atoms with Crippen molar-refractivity contribution < 1.29 is 0 Å². The van der Waals surface area contributed by atoms with Crippen LogP contribution in [0.1, 0.15) is 50.7 Å². The molecule has 0 aliphatic heterocycles. The van der Waals surface area contributed by atoms with E-state index in [1.54, 1.807) is 0 Å². The summed E-state index contributed by atoms with van der Waals surface area (Å²) in [5.41, 5.74) is 4.22. The minimum atomic E-state index is 0.628. The minimum absolute atomic E-state index is 0.628. The van der Waals surface area contributed by atoms with Crippen LogP contribution in [0, 0.1) is 12.8 Å². The van der Waals surface area contributed by atoms with Gasteiger partial charge in [-0.2, -0.15) is 0 Å². The first kappa shape index (κ1) is 13.0. The van der Waals surface area contributed by atoms with Gasteiger partial charge in [-0.1, -0.05) is 50.3 Å². The summed E-state index contributed by atoms with van der Waals surface area (Å²) in [6, 6.07) is 8.71. The van der Waals surface area contributed by atoms with Gasteiger partial charge in [-0.3, -0.25) is 0 Å². The topological polar surface area (TPSA) is 0 Å². The van der Waals surface area contributed by atoms with E-state index in [-0.39, 0.29) is 0 Å². The Morgan fingerprint density at radius 2 is 1.94 bits per heavy atom. The van der Waals surface area contributed by atoms with Crippen LogP contribution in [0.3, 0.4) is 0 Å². The normalized spacial score (nSPS) is 14.5. The Labute approximate surface area is 100 Å². The van der Waals surface area contributed by atoms with Crippen LogP contribution in [-0.2, 0) is 0 Å². The fourth-order valence-corrected chi connectivity index (χ4v) is 2.41. The Morgan fingerprint density at radius 1 is 1.31 bits per heavy atom. The molecule has 0 heteroatoms. The SMILES string of the molecule is C=C(C)C(CC)CC(C)c1ccccc1C. The summed E-state index contributed by atoms with van der Waals surface area (Å²) in [5, 5.41) is 0. The quantitative estimate of drug-likeness (QED) is 0.601. The maximum atomic E-state index is 4.10. The number of benzene rings is 1. The lowest BCUT2D eigenvalue weighted by molar-refractivity contribution is 0.493. The van der Waals surface area contributed by atoms with Crippen molar-refractivity contribution in [2.24, 2.45) is 5.92 Å². The van der Waals surface area contributed by atoms with E-state index < -0.39 is 0 Å². The molecule has 1 aromatic rings. The molecule has 0 nitrogen and oxygen atoms in total. The molecule has 0 fully saturated rings. The van der Waals surface area contributed by atoms with Crippen LogP contribution >= 0.6 is 0 Å². The maximum absolute atomic E-state index is 4.10. The summed E-state index contributed by atoms with van der Waals surface area (Å²) >= 11 is 0. The molecule has 0 spiro atoms. The molecular weight excluding hydrogens is 192 g/mol. The van der Waals surface area contributed by atoms with E-state index in [4.69, 9.17) is 0 Å². The average molecular weight is 216 g/mol. The molecule has 1 rings (SSSR count).